The van der Waals surface area contributed by atoms with E-state index in [1.54, 1.807) is 24.4 Å². The van der Waals surface area contributed by atoms with Gasteiger partial charge in [-0.3, -0.25) is 0 Å². The Morgan fingerprint density at radius 1 is 1.17 bits per heavy atom. The number of methoxy groups -OCH3 is 1. The van der Waals surface area contributed by atoms with E-state index in [1.165, 1.54) is 26.4 Å². The molecule has 0 radical (unpaired) electrons. The third-order valence-corrected chi connectivity index (χ3v) is 4.19. The van der Waals surface area contributed by atoms with Crippen LogP contribution in [0.25, 0.3) is 0 Å². The number of esters is 1. The van der Waals surface area contributed by atoms with Gasteiger partial charge in [-0.25, -0.2) is 9.78 Å². The molecule has 1 fully saturated rings. The molecule has 0 amide bonds. The van der Waals surface area contributed by atoms with Crippen LogP contribution >= 0.6 is 0 Å². The summed E-state index contributed by atoms with van der Waals surface area (Å²) < 4.78 is 4.81. The first kappa shape index (κ1) is 16.2. The topological polar surface area (TPSA) is 76.1 Å². The van der Waals surface area contributed by atoms with Crippen LogP contribution in [0.1, 0.15) is 42.5 Å². The summed E-state index contributed by atoms with van der Waals surface area (Å²) in [5.74, 6) is 0.870. The van der Waals surface area contributed by atoms with Gasteiger partial charge in [0.15, 0.2) is 0 Å². The Kier molecular flexibility index (Phi) is 5.25. The van der Waals surface area contributed by atoms with Gasteiger partial charge in [-0.1, -0.05) is 31.4 Å². The van der Waals surface area contributed by atoms with Crippen molar-refractivity contribution in [3.8, 4) is 0 Å². The fraction of sp³-hybridized carbons (Fsp3) is 0.389. The lowest BCUT2D eigenvalue weighted by Crippen LogP contribution is -2.23. The minimum absolute atomic E-state index is 0.382. The normalized spacial score (nSPS) is 14.9. The second kappa shape index (κ2) is 7.77. The number of anilines is 3. The highest BCUT2D eigenvalue weighted by Crippen LogP contribution is 2.23. The molecule has 2 N–H and O–H groups in total. The maximum Gasteiger partial charge on any atom is 0.339 e. The minimum Gasteiger partial charge on any atom is -0.465 e. The van der Waals surface area contributed by atoms with Crippen LogP contribution in [-0.4, -0.2) is 29.1 Å². The third kappa shape index (κ3) is 4.01. The van der Waals surface area contributed by atoms with Crippen LogP contribution in [0.2, 0.25) is 0 Å². The number of hydrogen-bond donors (Lipinski definition) is 2. The van der Waals surface area contributed by atoms with E-state index < -0.39 is 0 Å². The zero-order valence-electron chi connectivity index (χ0n) is 13.8. The van der Waals surface area contributed by atoms with Crippen molar-refractivity contribution >= 4 is 23.4 Å². The first-order chi connectivity index (χ1) is 11.8. The Hall–Kier alpha value is -2.63. The molecule has 2 aromatic rings. The van der Waals surface area contributed by atoms with E-state index in [2.05, 4.69) is 20.6 Å². The Morgan fingerprint density at radius 2 is 1.96 bits per heavy atom. The molecule has 1 aliphatic carbocycles. The van der Waals surface area contributed by atoms with Crippen molar-refractivity contribution in [2.45, 2.75) is 38.1 Å². The molecule has 6 heteroatoms. The van der Waals surface area contributed by atoms with Gasteiger partial charge in [0, 0.05) is 12.2 Å². The van der Waals surface area contributed by atoms with E-state index in [-0.39, 0.29) is 5.97 Å². The molecule has 0 saturated heterocycles. The van der Waals surface area contributed by atoms with Gasteiger partial charge in [-0.2, -0.15) is 4.98 Å². The second-order valence-corrected chi connectivity index (χ2v) is 5.91. The molecule has 0 spiro atoms. The van der Waals surface area contributed by atoms with E-state index >= 15 is 0 Å². The number of hydrogen-bond acceptors (Lipinski definition) is 6. The van der Waals surface area contributed by atoms with Gasteiger partial charge in [0.2, 0.25) is 5.95 Å². The number of carbonyl (C=O) groups excluding carboxylic acids is 1. The number of rotatable bonds is 5. The Labute approximate surface area is 141 Å². The highest BCUT2D eigenvalue weighted by atomic mass is 16.5. The van der Waals surface area contributed by atoms with Crippen molar-refractivity contribution in [3.63, 3.8) is 0 Å². The highest BCUT2D eigenvalue weighted by Gasteiger charge is 2.15. The van der Waals surface area contributed by atoms with Crippen LogP contribution in [0.4, 0.5) is 17.5 Å². The van der Waals surface area contributed by atoms with Gasteiger partial charge in [-0.05, 0) is 31.0 Å². The number of nitrogens with one attached hydrogen (secondary N) is 2. The van der Waals surface area contributed by atoms with Crippen LogP contribution in [-0.2, 0) is 4.74 Å². The lowest BCUT2D eigenvalue weighted by atomic mass is 9.96. The number of ether oxygens (including phenoxy) is 1. The summed E-state index contributed by atoms with van der Waals surface area (Å²) in [5, 5.41) is 6.58. The molecule has 0 atom stereocenters. The van der Waals surface area contributed by atoms with E-state index in [0.717, 1.165) is 12.8 Å². The van der Waals surface area contributed by atoms with Gasteiger partial charge >= 0.3 is 5.97 Å². The van der Waals surface area contributed by atoms with Gasteiger partial charge < -0.3 is 15.4 Å². The molecule has 0 bridgehead atoms. The summed E-state index contributed by atoms with van der Waals surface area (Å²) in [6, 6.07) is 9.42. The number of nitrogens with zero attached hydrogens (tertiary/aromatic N) is 2. The molecule has 1 aliphatic rings. The SMILES string of the molecule is COC(=O)c1ccccc1Nc1ccnc(NC2CCCCC2)n1. The van der Waals surface area contributed by atoms with Crippen molar-refractivity contribution < 1.29 is 9.53 Å². The lowest BCUT2D eigenvalue weighted by molar-refractivity contribution is 0.0602. The Balaban J connectivity index is 1.74. The average Bonchev–Trinajstić information content (AvgIpc) is 2.63. The number of benzene rings is 1. The summed E-state index contributed by atoms with van der Waals surface area (Å²) in [6.45, 7) is 0. The molecule has 0 unspecified atom stereocenters. The third-order valence-electron chi connectivity index (χ3n) is 4.19. The summed E-state index contributed by atoms with van der Waals surface area (Å²) in [7, 11) is 1.37. The molecule has 0 aliphatic heterocycles. The van der Waals surface area contributed by atoms with Crippen LogP contribution in [0.5, 0.6) is 0 Å². The maximum absolute atomic E-state index is 11.8. The van der Waals surface area contributed by atoms with Crippen LogP contribution in [0, 0.1) is 0 Å². The van der Waals surface area contributed by atoms with E-state index in [0.29, 0.717) is 29.1 Å². The van der Waals surface area contributed by atoms with Gasteiger partial charge in [-0.15, -0.1) is 0 Å². The van der Waals surface area contributed by atoms with Gasteiger partial charge in [0.25, 0.3) is 0 Å². The second-order valence-electron chi connectivity index (χ2n) is 5.91. The predicted octanol–water partition coefficient (Wildman–Crippen LogP) is 3.75. The number of aromatic nitrogens is 2. The minimum atomic E-state index is -0.382. The van der Waals surface area contributed by atoms with Crippen molar-refractivity contribution in [3.05, 3.63) is 42.1 Å². The monoisotopic (exact) mass is 326 g/mol. The number of para-hydroxylation sites is 1. The first-order valence-corrected chi connectivity index (χ1v) is 8.30. The largest absolute Gasteiger partial charge is 0.465 e. The van der Waals surface area contributed by atoms with Gasteiger partial charge in [0.05, 0.1) is 18.4 Å². The molecule has 3 rings (SSSR count). The standard InChI is InChI=1S/C18H22N4O2/c1-24-17(23)14-9-5-6-10-15(14)21-16-11-12-19-18(22-16)20-13-7-3-2-4-8-13/h5-6,9-13H,2-4,7-8H2,1H3,(H2,19,20,21,22). The van der Waals surface area contributed by atoms with Gasteiger partial charge in [0.1, 0.15) is 5.82 Å². The molecular weight excluding hydrogens is 304 g/mol. The zero-order valence-corrected chi connectivity index (χ0v) is 13.8. The van der Waals surface area contributed by atoms with Crippen molar-refractivity contribution in [2.75, 3.05) is 17.7 Å². The van der Waals surface area contributed by atoms with Crippen LogP contribution in [0.15, 0.2) is 36.5 Å². The molecule has 1 heterocycles. The molecule has 1 saturated carbocycles. The number of carbonyl (C=O) groups is 1. The smallest absolute Gasteiger partial charge is 0.339 e. The van der Waals surface area contributed by atoms with Crippen molar-refractivity contribution in [2.24, 2.45) is 0 Å². The summed E-state index contributed by atoms with van der Waals surface area (Å²) in [6.07, 6.45) is 7.84. The van der Waals surface area contributed by atoms with E-state index in [1.807, 2.05) is 12.1 Å². The Morgan fingerprint density at radius 3 is 2.75 bits per heavy atom. The predicted molar refractivity (Wildman–Crippen MR) is 93.6 cm³/mol. The van der Waals surface area contributed by atoms with Crippen molar-refractivity contribution in [1.82, 2.24) is 9.97 Å². The molecule has 6 nitrogen and oxygen atoms in total. The van der Waals surface area contributed by atoms with Crippen LogP contribution in [0.3, 0.4) is 0 Å². The highest BCUT2D eigenvalue weighted by molar-refractivity contribution is 5.96. The molecule has 126 valence electrons. The average molecular weight is 326 g/mol. The Bertz CT molecular complexity index is 699. The van der Waals surface area contributed by atoms with Crippen LogP contribution < -0.4 is 10.6 Å². The van der Waals surface area contributed by atoms with Crippen molar-refractivity contribution in [1.29, 1.82) is 0 Å². The van der Waals surface area contributed by atoms with E-state index in [9.17, 15) is 4.79 Å². The lowest BCUT2D eigenvalue weighted by Gasteiger charge is -2.22. The molecule has 1 aromatic heterocycles. The fourth-order valence-corrected chi connectivity index (χ4v) is 2.95. The summed E-state index contributed by atoms with van der Waals surface area (Å²) in [5.41, 5.74) is 1.13. The molecular formula is C18H22N4O2. The molecule has 24 heavy (non-hydrogen) atoms. The fourth-order valence-electron chi connectivity index (χ4n) is 2.95. The quantitative estimate of drug-likeness (QED) is 0.815. The van der Waals surface area contributed by atoms with E-state index in [4.69, 9.17) is 4.74 Å². The first-order valence-electron chi connectivity index (χ1n) is 8.30. The summed E-state index contributed by atoms with van der Waals surface area (Å²) in [4.78, 5) is 20.6. The maximum atomic E-state index is 11.8. The molecule has 1 aromatic carbocycles. The zero-order chi connectivity index (χ0) is 16.8. The summed E-state index contributed by atoms with van der Waals surface area (Å²) >= 11 is 0.